The summed E-state index contributed by atoms with van der Waals surface area (Å²) in [6, 6.07) is 0. The lowest BCUT2D eigenvalue weighted by atomic mass is 10.3. The molecule has 0 atom stereocenters. The zero-order valence-corrected chi connectivity index (χ0v) is 7.02. The van der Waals surface area contributed by atoms with Crippen LogP contribution in [0.4, 0.5) is 0 Å². The first-order valence-corrected chi connectivity index (χ1v) is 3.52. The van der Waals surface area contributed by atoms with E-state index in [0.29, 0.717) is 0 Å². The van der Waals surface area contributed by atoms with Crippen LogP contribution in [-0.2, 0) is 0 Å². The molecule has 0 N–H and O–H groups in total. The van der Waals surface area contributed by atoms with Crippen molar-refractivity contribution in [3.8, 4) is 0 Å². The van der Waals surface area contributed by atoms with E-state index in [-0.39, 0.29) is 0 Å². The molecule has 0 rings (SSSR count). The summed E-state index contributed by atoms with van der Waals surface area (Å²) in [6.45, 7) is 9.78. The van der Waals surface area contributed by atoms with E-state index in [2.05, 4.69) is 18.5 Å². The highest BCUT2D eigenvalue weighted by molar-refractivity contribution is 5.82. The molecule has 56 valence electrons. The largest absolute Gasteiger partial charge is 0.266 e. The minimum absolute atomic E-state index is 1.01. The molecule has 0 fully saturated rings. The summed E-state index contributed by atoms with van der Waals surface area (Å²) in [4.78, 5) is 4.16. The molecule has 0 aliphatic rings. The van der Waals surface area contributed by atoms with Gasteiger partial charge in [0.05, 0.1) is 0 Å². The molecule has 0 unspecified atom stereocenters. The molecule has 0 saturated heterocycles. The van der Waals surface area contributed by atoms with Gasteiger partial charge in [0.15, 0.2) is 0 Å². The van der Waals surface area contributed by atoms with Crippen molar-refractivity contribution < 1.29 is 0 Å². The number of nitrogens with zero attached hydrogens (tertiary/aromatic N) is 1. The molecule has 0 radical (unpaired) electrons. The number of hydrogen-bond acceptors (Lipinski definition) is 1. The van der Waals surface area contributed by atoms with E-state index in [4.69, 9.17) is 0 Å². The Morgan fingerprint density at radius 2 is 2.10 bits per heavy atom. The van der Waals surface area contributed by atoms with E-state index in [9.17, 15) is 0 Å². The molecule has 0 spiro atoms. The van der Waals surface area contributed by atoms with Crippen LogP contribution >= 0.6 is 0 Å². The zero-order valence-electron chi connectivity index (χ0n) is 7.02. The van der Waals surface area contributed by atoms with E-state index < -0.39 is 0 Å². The van der Waals surface area contributed by atoms with Gasteiger partial charge in [0.25, 0.3) is 0 Å². The third kappa shape index (κ3) is 5.29. The highest BCUT2D eigenvalue weighted by Crippen LogP contribution is 1.91. The van der Waals surface area contributed by atoms with Crippen molar-refractivity contribution in [1.29, 1.82) is 0 Å². The molecule has 10 heavy (non-hydrogen) atoms. The molecule has 0 saturated carbocycles. The SMILES string of the molecule is C=C(C)/C=C\N=C(C)CC. The predicted molar refractivity (Wildman–Crippen MR) is 47.4 cm³/mol. The highest BCUT2D eigenvalue weighted by atomic mass is 14.7. The van der Waals surface area contributed by atoms with E-state index in [1.807, 2.05) is 19.9 Å². The van der Waals surface area contributed by atoms with Crippen LogP contribution in [-0.4, -0.2) is 5.71 Å². The van der Waals surface area contributed by atoms with Crippen LogP contribution in [0.25, 0.3) is 0 Å². The van der Waals surface area contributed by atoms with Gasteiger partial charge in [-0.2, -0.15) is 0 Å². The maximum absolute atomic E-state index is 4.16. The second-order valence-corrected chi connectivity index (χ2v) is 2.38. The Bertz CT molecular complexity index is 164. The molecule has 0 aliphatic carbocycles. The number of allylic oxidation sites excluding steroid dienone is 2. The molecule has 0 heterocycles. The van der Waals surface area contributed by atoms with Crippen molar-refractivity contribution in [3.05, 3.63) is 24.4 Å². The van der Waals surface area contributed by atoms with Crippen molar-refractivity contribution in [1.82, 2.24) is 0 Å². The fourth-order valence-electron chi connectivity index (χ4n) is 0.383. The first kappa shape index (κ1) is 9.15. The fraction of sp³-hybridized carbons (Fsp3) is 0.444. The molecule has 0 aromatic heterocycles. The summed E-state index contributed by atoms with van der Waals surface area (Å²) in [5, 5.41) is 0. The summed E-state index contributed by atoms with van der Waals surface area (Å²) in [6.07, 6.45) is 4.71. The predicted octanol–water partition coefficient (Wildman–Crippen LogP) is 2.95. The quantitative estimate of drug-likeness (QED) is 0.419. The first-order valence-electron chi connectivity index (χ1n) is 3.52. The monoisotopic (exact) mass is 137 g/mol. The normalized spacial score (nSPS) is 12.5. The van der Waals surface area contributed by atoms with Gasteiger partial charge in [-0.1, -0.05) is 19.1 Å². The zero-order chi connectivity index (χ0) is 7.98. The maximum Gasteiger partial charge on any atom is 0.0269 e. The Morgan fingerprint density at radius 1 is 1.50 bits per heavy atom. The second kappa shape index (κ2) is 4.98. The van der Waals surface area contributed by atoms with Gasteiger partial charge in [-0.05, 0) is 26.3 Å². The lowest BCUT2D eigenvalue weighted by Gasteiger charge is -1.88. The highest BCUT2D eigenvalue weighted by Gasteiger charge is 1.79. The van der Waals surface area contributed by atoms with Gasteiger partial charge < -0.3 is 0 Å². The van der Waals surface area contributed by atoms with Crippen molar-refractivity contribution in [2.45, 2.75) is 27.2 Å². The number of rotatable bonds is 3. The summed E-state index contributed by atoms with van der Waals surface area (Å²) < 4.78 is 0. The van der Waals surface area contributed by atoms with Crippen LogP contribution in [0.15, 0.2) is 29.4 Å². The average molecular weight is 137 g/mol. The minimum Gasteiger partial charge on any atom is -0.266 e. The molecule has 0 bridgehead atoms. The second-order valence-electron chi connectivity index (χ2n) is 2.38. The van der Waals surface area contributed by atoms with Gasteiger partial charge in [0.1, 0.15) is 0 Å². The average Bonchev–Trinajstić information content (AvgIpc) is 1.87. The maximum atomic E-state index is 4.16. The topological polar surface area (TPSA) is 12.4 Å². The molecular weight excluding hydrogens is 122 g/mol. The van der Waals surface area contributed by atoms with Crippen LogP contribution in [0.2, 0.25) is 0 Å². The summed E-state index contributed by atoms with van der Waals surface area (Å²) >= 11 is 0. The smallest absolute Gasteiger partial charge is 0.0269 e. The molecular formula is C9H15N. The minimum atomic E-state index is 1.01. The molecule has 1 nitrogen and oxygen atoms in total. The van der Waals surface area contributed by atoms with Crippen LogP contribution in [0.5, 0.6) is 0 Å². The lowest BCUT2D eigenvalue weighted by Crippen LogP contribution is -1.83. The Morgan fingerprint density at radius 3 is 2.50 bits per heavy atom. The molecule has 0 amide bonds. The van der Waals surface area contributed by atoms with Crippen LogP contribution < -0.4 is 0 Å². The fourth-order valence-corrected chi connectivity index (χ4v) is 0.383. The Kier molecular flexibility index (Phi) is 4.55. The van der Waals surface area contributed by atoms with E-state index in [1.165, 1.54) is 0 Å². The lowest BCUT2D eigenvalue weighted by molar-refractivity contribution is 1.25. The van der Waals surface area contributed by atoms with Crippen LogP contribution in [0.1, 0.15) is 27.2 Å². The van der Waals surface area contributed by atoms with Gasteiger partial charge in [-0.3, -0.25) is 4.99 Å². The summed E-state index contributed by atoms with van der Waals surface area (Å²) in [5.41, 5.74) is 2.19. The number of aliphatic imine (C=N–C) groups is 1. The van der Waals surface area contributed by atoms with Gasteiger partial charge in [0, 0.05) is 11.9 Å². The van der Waals surface area contributed by atoms with Crippen molar-refractivity contribution >= 4 is 5.71 Å². The van der Waals surface area contributed by atoms with Gasteiger partial charge >= 0.3 is 0 Å². The third-order valence-electron chi connectivity index (χ3n) is 1.17. The van der Waals surface area contributed by atoms with Crippen molar-refractivity contribution in [3.63, 3.8) is 0 Å². The van der Waals surface area contributed by atoms with Gasteiger partial charge in [-0.15, -0.1) is 0 Å². The van der Waals surface area contributed by atoms with Crippen LogP contribution in [0.3, 0.4) is 0 Å². The van der Waals surface area contributed by atoms with E-state index in [1.54, 1.807) is 6.20 Å². The number of hydrogen-bond donors (Lipinski definition) is 0. The van der Waals surface area contributed by atoms with Crippen LogP contribution in [0, 0.1) is 0 Å². The third-order valence-corrected chi connectivity index (χ3v) is 1.17. The Hall–Kier alpha value is -0.850. The molecule has 1 heteroatoms. The molecule has 0 aromatic rings. The summed E-state index contributed by atoms with van der Waals surface area (Å²) in [7, 11) is 0. The van der Waals surface area contributed by atoms with Gasteiger partial charge in [-0.25, -0.2) is 0 Å². The summed E-state index contributed by atoms with van der Waals surface area (Å²) in [5.74, 6) is 0. The van der Waals surface area contributed by atoms with Crippen molar-refractivity contribution in [2.24, 2.45) is 4.99 Å². The Labute approximate surface area is 63.2 Å². The molecule has 0 aliphatic heterocycles. The van der Waals surface area contributed by atoms with E-state index >= 15 is 0 Å². The van der Waals surface area contributed by atoms with Crippen molar-refractivity contribution in [2.75, 3.05) is 0 Å². The Balaban J connectivity index is 3.82. The first-order chi connectivity index (χ1) is 4.66. The van der Waals surface area contributed by atoms with E-state index in [0.717, 1.165) is 17.7 Å². The molecule has 0 aromatic carbocycles. The standard InChI is InChI=1S/C9H15N/c1-5-9(4)10-7-6-8(2)3/h6-7H,2,5H2,1,3-4H3/b7-6-,10-9?. The van der Waals surface area contributed by atoms with Gasteiger partial charge in [0.2, 0.25) is 0 Å².